The molecule has 1 N–H and O–H groups in total. The highest BCUT2D eigenvalue weighted by Gasteiger charge is 2.25. The number of carbonyl (C=O) groups is 2. The first-order valence-electron chi connectivity index (χ1n) is 9.08. The Bertz CT molecular complexity index is 806. The maximum atomic E-state index is 12.2. The summed E-state index contributed by atoms with van der Waals surface area (Å²) in [4.78, 5) is 28.2. The summed E-state index contributed by atoms with van der Waals surface area (Å²) in [6.45, 7) is 1.39. The fourth-order valence-corrected chi connectivity index (χ4v) is 2.95. The third-order valence-electron chi connectivity index (χ3n) is 4.44. The van der Waals surface area contributed by atoms with Gasteiger partial charge in [-0.15, -0.1) is 0 Å². The molecule has 2 aromatic carbocycles. The highest BCUT2D eigenvalue weighted by Crippen LogP contribution is 2.34. The summed E-state index contributed by atoms with van der Waals surface area (Å²) < 4.78 is 5.57. The average Bonchev–Trinajstić information content (AvgIpc) is 2.66. The monoisotopic (exact) mass is 367 g/mol. The van der Waals surface area contributed by atoms with Gasteiger partial charge in [-0.05, 0) is 38.2 Å². The number of carbonyl (C=O) groups excluding carboxylic acids is 2. The minimum absolute atomic E-state index is 0.0197. The summed E-state index contributed by atoms with van der Waals surface area (Å²) in [7, 11) is 3.94. The molecule has 142 valence electrons. The molecule has 6 nitrogen and oxygen atoms in total. The van der Waals surface area contributed by atoms with Crippen molar-refractivity contribution in [1.29, 1.82) is 0 Å². The first kappa shape index (κ1) is 18.9. The highest BCUT2D eigenvalue weighted by molar-refractivity contribution is 5.99. The molecule has 0 spiro atoms. The number of hydrogen-bond acceptors (Lipinski definition) is 4. The van der Waals surface area contributed by atoms with Gasteiger partial charge in [-0.3, -0.25) is 9.59 Å². The zero-order valence-corrected chi connectivity index (χ0v) is 15.8. The molecule has 0 atom stereocenters. The van der Waals surface area contributed by atoms with Crippen molar-refractivity contribution in [2.75, 3.05) is 44.0 Å². The highest BCUT2D eigenvalue weighted by atomic mass is 16.5. The molecule has 0 aliphatic carbocycles. The van der Waals surface area contributed by atoms with Gasteiger partial charge in [-0.25, -0.2) is 0 Å². The first-order chi connectivity index (χ1) is 13.0. The summed E-state index contributed by atoms with van der Waals surface area (Å²) in [5.74, 6) is 0.522. The van der Waals surface area contributed by atoms with E-state index in [-0.39, 0.29) is 18.4 Å². The fraction of sp³-hybridized carbons (Fsp3) is 0.333. The Labute approximate surface area is 159 Å². The van der Waals surface area contributed by atoms with E-state index in [0.29, 0.717) is 30.8 Å². The smallest absolute Gasteiger partial charge is 0.265 e. The van der Waals surface area contributed by atoms with Crippen LogP contribution in [0.25, 0.3) is 0 Å². The number of rotatable bonds is 7. The van der Waals surface area contributed by atoms with Crippen LogP contribution in [-0.2, 0) is 16.0 Å². The fourth-order valence-electron chi connectivity index (χ4n) is 2.95. The predicted molar refractivity (Wildman–Crippen MR) is 106 cm³/mol. The summed E-state index contributed by atoms with van der Waals surface area (Å²) in [6, 6.07) is 15.3. The van der Waals surface area contributed by atoms with E-state index in [4.69, 9.17) is 4.74 Å². The molecule has 27 heavy (non-hydrogen) atoms. The molecule has 1 aliphatic heterocycles. The van der Waals surface area contributed by atoms with Crippen LogP contribution in [0.4, 0.5) is 11.4 Å². The lowest BCUT2D eigenvalue weighted by molar-refractivity contribution is -0.121. The van der Waals surface area contributed by atoms with Crippen molar-refractivity contribution >= 4 is 23.2 Å². The van der Waals surface area contributed by atoms with Crippen LogP contribution in [-0.4, -0.2) is 50.5 Å². The van der Waals surface area contributed by atoms with Crippen molar-refractivity contribution < 1.29 is 14.3 Å². The van der Waals surface area contributed by atoms with Crippen LogP contribution in [0.1, 0.15) is 12.0 Å². The van der Waals surface area contributed by atoms with Gasteiger partial charge in [0, 0.05) is 31.3 Å². The van der Waals surface area contributed by atoms with E-state index >= 15 is 0 Å². The molecule has 0 radical (unpaired) electrons. The molecule has 2 aromatic rings. The maximum Gasteiger partial charge on any atom is 0.265 e. The number of fused-ring (bicyclic) bond motifs is 1. The van der Waals surface area contributed by atoms with Crippen LogP contribution in [0.15, 0.2) is 48.5 Å². The van der Waals surface area contributed by atoms with E-state index in [1.807, 2.05) is 61.5 Å². The molecule has 6 heteroatoms. The molecule has 0 bridgehead atoms. The van der Waals surface area contributed by atoms with E-state index in [2.05, 4.69) is 5.32 Å². The van der Waals surface area contributed by atoms with Crippen molar-refractivity contribution in [3.63, 3.8) is 0 Å². The van der Waals surface area contributed by atoms with Gasteiger partial charge in [0.25, 0.3) is 5.91 Å². The number of ether oxygens (including phenoxy) is 1. The number of likely N-dealkylation sites (N-methyl/N-ethyl adjacent to an activating group) is 1. The average molecular weight is 367 g/mol. The van der Waals surface area contributed by atoms with Crippen LogP contribution in [0.2, 0.25) is 0 Å². The van der Waals surface area contributed by atoms with Crippen molar-refractivity contribution in [1.82, 2.24) is 4.90 Å². The molecule has 0 unspecified atom stereocenters. The first-order valence-corrected chi connectivity index (χ1v) is 9.08. The van der Waals surface area contributed by atoms with Crippen LogP contribution in [0.5, 0.6) is 5.75 Å². The molecule has 3 rings (SSSR count). The zero-order valence-electron chi connectivity index (χ0n) is 15.8. The van der Waals surface area contributed by atoms with Gasteiger partial charge in [0.1, 0.15) is 5.75 Å². The van der Waals surface area contributed by atoms with Gasteiger partial charge in [0.2, 0.25) is 5.91 Å². The number of aryl methyl sites for hydroxylation is 1. The van der Waals surface area contributed by atoms with Gasteiger partial charge >= 0.3 is 0 Å². The Morgan fingerprint density at radius 3 is 2.70 bits per heavy atom. The molecule has 2 amide bonds. The summed E-state index contributed by atoms with van der Waals surface area (Å²) in [5.41, 5.74) is 2.56. The molecule has 0 aromatic heterocycles. The van der Waals surface area contributed by atoms with E-state index < -0.39 is 0 Å². The van der Waals surface area contributed by atoms with Crippen molar-refractivity contribution in [3.05, 3.63) is 54.1 Å². The minimum atomic E-state index is -0.0519. The Morgan fingerprint density at radius 2 is 1.96 bits per heavy atom. The van der Waals surface area contributed by atoms with Gasteiger partial charge in [-0.2, -0.15) is 0 Å². The number of hydrogen-bond donors (Lipinski definition) is 1. The standard InChI is InChI=1S/C21H25N3O3/c1-23(2)12-13-24-18-10-9-17(14-19(18)27-15-21(24)26)22-20(25)11-8-16-6-4-3-5-7-16/h3-7,9-10,14H,8,11-13,15H2,1-2H3,(H,22,25). The third-order valence-corrected chi connectivity index (χ3v) is 4.44. The van der Waals surface area contributed by atoms with Crippen LogP contribution < -0.4 is 15.0 Å². The zero-order chi connectivity index (χ0) is 19.2. The van der Waals surface area contributed by atoms with E-state index in [1.165, 1.54) is 0 Å². The minimum Gasteiger partial charge on any atom is -0.481 e. The molecule has 0 saturated heterocycles. The van der Waals surface area contributed by atoms with Crippen LogP contribution in [0, 0.1) is 0 Å². The van der Waals surface area contributed by atoms with Crippen LogP contribution in [0.3, 0.4) is 0 Å². The molecular weight excluding hydrogens is 342 g/mol. The third kappa shape index (κ3) is 5.08. The molecular formula is C21H25N3O3. The van der Waals surface area contributed by atoms with Crippen molar-refractivity contribution in [3.8, 4) is 5.75 Å². The SMILES string of the molecule is CN(C)CCN1C(=O)COc2cc(NC(=O)CCc3ccccc3)ccc21. The number of nitrogens with zero attached hydrogens (tertiary/aromatic N) is 2. The summed E-state index contributed by atoms with van der Waals surface area (Å²) in [5, 5.41) is 2.91. The van der Waals surface area contributed by atoms with Crippen molar-refractivity contribution in [2.24, 2.45) is 0 Å². The predicted octanol–water partition coefficient (Wildman–Crippen LogP) is 2.54. The topological polar surface area (TPSA) is 61.9 Å². The van der Waals surface area contributed by atoms with Gasteiger partial charge < -0.3 is 19.9 Å². The number of benzene rings is 2. The van der Waals surface area contributed by atoms with Gasteiger partial charge in [-0.1, -0.05) is 30.3 Å². The lowest BCUT2D eigenvalue weighted by Crippen LogP contribution is -2.42. The van der Waals surface area contributed by atoms with E-state index in [9.17, 15) is 9.59 Å². The van der Waals surface area contributed by atoms with Gasteiger partial charge in [0.05, 0.1) is 5.69 Å². The normalized spacial score (nSPS) is 13.3. The number of nitrogens with one attached hydrogen (secondary N) is 1. The Hall–Kier alpha value is -2.86. The Balaban J connectivity index is 1.63. The number of amides is 2. The van der Waals surface area contributed by atoms with E-state index in [1.54, 1.807) is 11.0 Å². The second kappa shape index (κ2) is 8.68. The quantitative estimate of drug-likeness (QED) is 0.817. The lowest BCUT2D eigenvalue weighted by atomic mass is 10.1. The van der Waals surface area contributed by atoms with Gasteiger partial charge in [0.15, 0.2) is 6.61 Å². The Morgan fingerprint density at radius 1 is 1.19 bits per heavy atom. The van der Waals surface area contributed by atoms with Crippen LogP contribution >= 0.6 is 0 Å². The van der Waals surface area contributed by atoms with Crippen molar-refractivity contribution in [2.45, 2.75) is 12.8 Å². The maximum absolute atomic E-state index is 12.2. The summed E-state index contributed by atoms with van der Waals surface area (Å²) >= 11 is 0. The largest absolute Gasteiger partial charge is 0.481 e. The second-order valence-corrected chi connectivity index (χ2v) is 6.85. The molecule has 0 fully saturated rings. The lowest BCUT2D eigenvalue weighted by Gasteiger charge is -2.30. The molecule has 1 heterocycles. The summed E-state index contributed by atoms with van der Waals surface area (Å²) in [6.07, 6.45) is 1.11. The second-order valence-electron chi connectivity index (χ2n) is 6.85. The Kier molecular flexibility index (Phi) is 6.08. The van der Waals surface area contributed by atoms with E-state index in [0.717, 1.165) is 17.8 Å². The molecule has 0 saturated carbocycles. The number of anilines is 2. The molecule has 1 aliphatic rings.